The van der Waals surface area contributed by atoms with Crippen molar-refractivity contribution in [2.45, 2.75) is 31.7 Å². The number of methoxy groups -OCH3 is 1. The molecule has 0 N–H and O–H groups in total. The Balaban J connectivity index is 1.90. The number of Topliss-reactive ketones (excluding diaryl/α,β-unsaturated/α-hetero) is 1. The molecule has 2 rings (SSSR count). The van der Waals surface area contributed by atoms with E-state index in [0.717, 1.165) is 38.1 Å². The molecular weight excluding hydrogens is 190 g/mol. The Morgan fingerprint density at radius 3 is 3.13 bits per heavy atom. The van der Waals surface area contributed by atoms with Crippen LogP contribution in [0.4, 0.5) is 0 Å². The lowest BCUT2D eigenvalue weighted by Gasteiger charge is -2.23. The Kier molecular flexibility index (Phi) is 3.54. The fourth-order valence-corrected chi connectivity index (χ4v) is 2.51. The van der Waals surface area contributed by atoms with Gasteiger partial charge in [-0.2, -0.15) is 0 Å². The summed E-state index contributed by atoms with van der Waals surface area (Å²) in [4.78, 5) is 13.9. The molecule has 0 amide bonds. The molecule has 84 valence electrons. The zero-order valence-electron chi connectivity index (χ0n) is 9.37. The number of allylic oxidation sites excluding steroid dienone is 1. The predicted octanol–water partition coefficient (Wildman–Crippen LogP) is 1.39. The monoisotopic (exact) mass is 209 g/mol. The molecule has 0 aromatic rings. The highest BCUT2D eigenvalue weighted by molar-refractivity contribution is 5.97. The van der Waals surface area contributed by atoms with E-state index in [1.54, 1.807) is 7.11 Å². The molecule has 3 nitrogen and oxygen atoms in total. The number of hydrogen-bond donors (Lipinski definition) is 0. The van der Waals surface area contributed by atoms with Crippen molar-refractivity contribution >= 4 is 5.78 Å². The fraction of sp³-hybridized carbons (Fsp3) is 0.750. The zero-order valence-corrected chi connectivity index (χ0v) is 9.37. The molecule has 0 spiro atoms. The Bertz CT molecular complexity index is 273. The van der Waals surface area contributed by atoms with Crippen LogP contribution in [0.15, 0.2) is 11.6 Å². The second-order valence-corrected chi connectivity index (χ2v) is 4.41. The van der Waals surface area contributed by atoms with Crippen LogP contribution in [-0.2, 0) is 9.53 Å². The lowest BCUT2D eigenvalue weighted by Crippen LogP contribution is -2.35. The number of likely N-dealkylation sites (tertiary alicyclic amines) is 1. The Morgan fingerprint density at radius 1 is 1.60 bits per heavy atom. The summed E-state index contributed by atoms with van der Waals surface area (Å²) in [5, 5.41) is 0. The molecule has 2 aliphatic rings. The van der Waals surface area contributed by atoms with Crippen LogP contribution in [-0.4, -0.2) is 43.5 Å². The number of carbonyl (C=O) groups excluding carboxylic acids is 1. The SMILES string of the molecule is COC[C@@H]1CCCN1CC1=CCCC1=O. The van der Waals surface area contributed by atoms with Crippen molar-refractivity contribution in [3.8, 4) is 0 Å². The third kappa shape index (κ3) is 2.47. The topological polar surface area (TPSA) is 29.5 Å². The summed E-state index contributed by atoms with van der Waals surface area (Å²) in [6.45, 7) is 2.74. The normalized spacial score (nSPS) is 27.4. The van der Waals surface area contributed by atoms with Gasteiger partial charge in [-0.15, -0.1) is 0 Å². The van der Waals surface area contributed by atoms with Gasteiger partial charge in [-0.05, 0) is 25.8 Å². The van der Waals surface area contributed by atoms with E-state index in [-0.39, 0.29) is 0 Å². The summed E-state index contributed by atoms with van der Waals surface area (Å²) in [5.74, 6) is 0.345. The van der Waals surface area contributed by atoms with Crippen LogP contribution < -0.4 is 0 Å². The highest BCUT2D eigenvalue weighted by Crippen LogP contribution is 2.22. The van der Waals surface area contributed by atoms with Gasteiger partial charge in [0.25, 0.3) is 0 Å². The van der Waals surface area contributed by atoms with Gasteiger partial charge >= 0.3 is 0 Å². The smallest absolute Gasteiger partial charge is 0.160 e. The molecule has 1 fully saturated rings. The average molecular weight is 209 g/mol. The van der Waals surface area contributed by atoms with Gasteiger partial charge in [0, 0.05) is 31.7 Å². The first-order valence-corrected chi connectivity index (χ1v) is 5.76. The second-order valence-electron chi connectivity index (χ2n) is 4.41. The molecule has 15 heavy (non-hydrogen) atoms. The highest BCUT2D eigenvalue weighted by Gasteiger charge is 2.27. The van der Waals surface area contributed by atoms with Crippen molar-refractivity contribution in [1.29, 1.82) is 0 Å². The summed E-state index contributed by atoms with van der Waals surface area (Å²) >= 11 is 0. The fourth-order valence-electron chi connectivity index (χ4n) is 2.51. The molecule has 3 heteroatoms. The van der Waals surface area contributed by atoms with Gasteiger partial charge in [-0.1, -0.05) is 6.08 Å². The maximum Gasteiger partial charge on any atom is 0.160 e. The first-order chi connectivity index (χ1) is 7.31. The van der Waals surface area contributed by atoms with Gasteiger partial charge in [0.15, 0.2) is 5.78 Å². The average Bonchev–Trinajstić information content (AvgIpc) is 2.80. The number of hydrogen-bond acceptors (Lipinski definition) is 3. The Morgan fingerprint density at radius 2 is 2.47 bits per heavy atom. The lowest BCUT2D eigenvalue weighted by molar-refractivity contribution is -0.115. The van der Waals surface area contributed by atoms with E-state index in [9.17, 15) is 4.79 Å². The van der Waals surface area contributed by atoms with E-state index < -0.39 is 0 Å². The lowest BCUT2D eigenvalue weighted by atomic mass is 10.2. The summed E-state index contributed by atoms with van der Waals surface area (Å²) < 4.78 is 5.20. The summed E-state index contributed by atoms with van der Waals surface area (Å²) in [5.41, 5.74) is 1.03. The van der Waals surface area contributed by atoms with Crippen LogP contribution in [0.2, 0.25) is 0 Å². The van der Waals surface area contributed by atoms with Crippen LogP contribution in [0.3, 0.4) is 0 Å². The zero-order chi connectivity index (χ0) is 10.7. The maximum atomic E-state index is 11.5. The minimum Gasteiger partial charge on any atom is -0.383 e. The van der Waals surface area contributed by atoms with Gasteiger partial charge in [0.05, 0.1) is 6.61 Å². The number of rotatable bonds is 4. The number of ether oxygens (including phenoxy) is 1. The highest BCUT2D eigenvalue weighted by atomic mass is 16.5. The van der Waals surface area contributed by atoms with E-state index in [1.807, 2.05) is 0 Å². The Labute approximate surface area is 91.1 Å². The molecule has 0 saturated carbocycles. The number of carbonyl (C=O) groups is 1. The first-order valence-electron chi connectivity index (χ1n) is 5.76. The molecule has 1 atom stereocenters. The molecule has 1 saturated heterocycles. The third-order valence-corrected chi connectivity index (χ3v) is 3.35. The molecular formula is C12H19NO2. The van der Waals surface area contributed by atoms with Gasteiger partial charge in [0.1, 0.15) is 0 Å². The summed E-state index contributed by atoms with van der Waals surface area (Å²) in [6, 6.07) is 0.518. The molecule has 0 unspecified atom stereocenters. The van der Waals surface area contributed by atoms with Crippen LogP contribution in [0.1, 0.15) is 25.7 Å². The maximum absolute atomic E-state index is 11.5. The van der Waals surface area contributed by atoms with E-state index in [1.165, 1.54) is 12.8 Å². The predicted molar refractivity (Wildman–Crippen MR) is 58.8 cm³/mol. The van der Waals surface area contributed by atoms with Gasteiger partial charge in [-0.3, -0.25) is 9.69 Å². The van der Waals surface area contributed by atoms with Crippen molar-refractivity contribution in [1.82, 2.24) is 4.90 Å². The standard InChI is InChI=1S/C12H19NO2/c1-15-9-11-5-3-7-13(11)8-10-4-2-6-12(10)14/h4,11H,2-3,5-9H2,1H3/t11-/m0/s1. The van der Waals surface area contributed by atoms with Crippen LogP contribution in [0.5, 0.6) is 0 Å². The van der Waals surface area contributed by atoms with Gasteiger partial charge < -0.3 is 4.74 Å². The molecule has 0 aromatic carbocycles. The Hall–Kier alpha value is -0.670. The van der Waals surface area contributed by atoms with Crippen molar-refractivity contribution in [3.05, 3.63) is 11.6 Å². The van der Waals surface area contributed by atoms with Gasteiger partial charge in [-0.25, -0.2) is 0 Å². The molecule has 1 aliphatic heterocycles. The largest absolute Gasteiger partial charge is 0.383 e. The van der Waals surface area contributed by atoms with Crippen molar-refractivity contribution in [3.63, 3.8) is 0 Å². The van der Waals surface area contributed by atoms with E-state index >= 15 is 0 Å². The summed E-state index contributed by atoms with van der Waals surface area (Å²) in [6.07, 6.45) is 6.20. The van der Waals surface area contributed by atoms with Crippen LogP contribution in [0, 0.1) is 0 Å². The van der Waals surface area contributed by atoms with Gasteiger partial charge in [0.2, 0.25) is 0 Å². The van der Waals surface area contributed by atoms with Crippen molar-refractivity contribution in [2.75, 3.05) is 26.8 Å². The quantitative estimate of drug-likeness (QED) is 0.700. The van der Waals surface area contributed by atoms with E-state index in [4.69, 9.17) is 4.74 Å². The molecule has 0 bridgehead atoms. The van der Waals surface area contributed by atoms with E-state index in [2.05, 4.69) is 11.0 Å². The minimum absolute atomic E-state index is 0.345. The minimum atomic E-state index is 0.345. The van der Waals surface area contributed by atoms with Crippen molar-refractivity contribution < 1.29 is 9.53 Å². The molecule has 1 heterocycles. The second kappa shape index (κ2) is 4.90. The van der Waals surface area contributed by atoms with Crippen LogP contribution >= 0.6 is 0 Å². The third-order valence-electron chi connectivity index (χ3n) is 3.35. The molecule has 0 radical (unpaired) electrons. The van der Waals surface area contributed by atoms with Crippen molar-refractivity contribution in [2.24, 2.45) is 0 Å². The number of nitrogens with zero attached hydrogens (tertiary/aromatic N) is 1. The molecule has 1 aliphatic carbocycles. The summed E-state index contributed by atoms with van der Waals surface area (Å²) in [7, 11) is 1.75. The molecule has 0 aromatic heterocycles. The van der Waals surface area contributed by atoms with Crippen LogP contribution in [0.25, 0.3) is 0 Å². The first kappa shape index (κ1) is 10.8. The van der Waals surface area contributed by atoms with E-state index in [0.29, 0.717) is 11.8 Å². The number of ketones is 1.